The van der Waals surface area contributed by atoms with Gasteiger partial charge in [-0.1, -0.05) is 6.92 Å². The van der Waals surface area contributed by atoms with E-state index in [0.717, 1.165) is 27.9 Å². The molecule has 1 saturated carbocycles. The lowest BCUT2D eigenvalue weighted by molar-refractivity contribution is 0.0954. The number of fused-ring (bicyclic) bond motifs is 1. The van der Waals surface area contributed by atoms with Gasteiger partial charge in [-0.15, -0.1) is 11.3 Å². The number of nitrogens with zero attached hydrogens (tertiary/aromatic N) is 1. The number of aryl methyl sites for hydroxylation is 2. The van der Waals surface area contributed by atoms with Crippen molar-refractivity contribution < 1.29 is 4.79 Å². The topological polar surface area (TPSA) is 68.0 Å². The third kappa shape index (κ3) is 2.08. The Bertz CT molecular complexity index is 677. The minimum atomic E-state index is -0.0508. The Morgan fingerprint density at radius 2 is 2.21 bits per heavy atom. The number of carbonyl (C=O) groups excluding carboxylic acids is 1. The average Bonchev–Trinajstić information content (AvgIpc) is 2.88. The molecule has 2 aromatic heterocycles. The molecule has 100 valence electrons. The Morgan fingerprint density at radius 1 is 1.53 bits per heavy atom. The Balaban J connectivity index is 2.02. The fourth-order valence-corrected chi connectivity index (χ4v) is 3.58. The molecule has 2 unspecified atom stereocenters. The Hall–Kier alpha value is -1.62. The van der Waals surface area contributed by atoms with Crippen molar-refractivity contribution in [2.24, 2.45) is 5.92 Å². The van der Waals surface area contributed by atoms with Crippen LogP contribution < -0.4 is 11.1 Å². The molecular formula is C14H17N3OS. The van der Waals surface area contributed by atoms with Gasteiger partial charge in [0.25, 0.3) is 5.91 Å². The van der Waals surface area contributed by atoms with Crippen LogP contribution in [-0.4, -0.2) is 16.9 Å². The van der Waals surface area contributed by atoms with E-state index in [4.69, 9.17) is 5.73 Å². The van der Waals surface area contributed by atoms with Gasteiger partial charge in [0.1, 0.15) is 4.88 Å². The Morgan fingerprint density at radius 3 is 2.84 bits per heavy atom. The van der Waals surface area contributed by atoms with Gasteiger partial charge < -0.3 is 11.1 Å². The minimum Gasteiger partial charge on any atom is -0.397 e. The number of nitrogen functional groups attached to an aromatic ring is 1. The van der Waals surface area contributed by atoms with E-state index < -0.39 is 0 Å². The fraction of sp³-hybridized carbons (Fsp3) is 0.429. The molecule has 4 nitrogen and oxygen atoms in total. The van der Waals surface area contributed by atoms with Crippen molar-refractivity contribution in [1.29, 1.82) is 0 Å². The van der Waals surface area contributed by atoms with Crippen LogP contribution in [0.25, 0.3) is 10.1 Å². The van der Waals surface area contributed by atoms with Gasteiger partial charge in [-0.05, 0) is 32.3 Å². The second-order valence-electron chi connectivity index (χ2n) is 5.36. The van der Waals surface area contributed by atoms with Crippen molar-refractivity contribution in [3.63, 3.8) is 0 Å². The number of nitrogens with one attached hydrogen (secondary N) is 1. The quantitative estimate of drug-likeness (QED) is 0.885. The summed E-state index contributed by atoms with van der Waals surface area (Å²) in [5, 5.41) is 3.95. The molecule has 2 heterocycles. The van der Waals surface area contributed by atoms with Crippen LogP contribution in [0.15, 0.2) is 6.07 Å². The molecule has 2 atom stereocenters. The molecule has 0 saturated heterocycles. The normalized spacial score (nSPS) is 21.6. The van der Waals surface area contributed by atoms with Crippen LogP contribution in [0.1, 0.15) is 34.4 Å². The van der Waals surface area contributed by atoms with Gasteiger partial charge in [0.05, 0.1) is 5.69 Å². The van der Waals surface area contributed by atoms with E-state index >= 15 is 0 Å². The third-order valence-corrected chi connectivity index (χ3v) is 4.80. The Labute approximate surface area is 116 Å². The number of pyridine rings is 1. The highest BCUT2D eigenvalue weighted by atomic mass is 32.1. The highest BCUT2D eigenvalue weighted by molar-refractivity contribution is 7.21. The van der Waals surface area contributed by atoms with Gasteiger partial charge in [0.15, 0.2) is 0 Å². The fourth-order valence-electron chi connectivity index (χ4n) is 2.41. The van der Waals surface area contributed by atoms with Gasteiger partial charge in [-0.3, -0.25) is 9.78 Å². The molecule has 3 N–H and O–H groups in total. The maximum Gasteiger partial charge on any atom is 0.263 e. The smallest absolute Gasteiger partial charge is 0.263 e. The molecule has 1 fully saturated rings. The van der Waals surface area contributed by atoms with Crippen molar-refractivity contribution >= 4 is 33.0 Å². The maximum absolute atomic E-state index is 12.2. The largest absolute Gasteiger partial charge is 0.397 e. The third-order valence-electron chi connectivity index (χ3n) is 3.65. The van der Waals surface area contributed by atoms with Crippen molar-refractivity contribution in [3.8, 4) is 0 Å². The Kier molecular flexibility index (Phi) is 2.74. The molecule has 0 bridgehead atoms. The lowest BCUT2D eigenvalue weighted by atomic mass is 10.2. The first-order valence-corrected chi connectivity index (χ1v) is 7.26. The van der Waals surface area contributed by atoms with Crippen molar-refractivity contribution in [3.05, 3.63) is 22.3 Å². The zero-order valence-electron chi connectivity index (χ0n) is 11.3. The molecule has 0 spiro atoms. The summed E-state index contributed by atoms with van der Waals surface area (Å²) in [4.78, 5) is 17.3. The first-order valence-electron chi connectivity index (χ1n) is 6.44. The molecular weight excluding hydrogens is 258 g/mol. The molecule has 1 amide bonds. The van der Waals surface area contributed by atoms with E-state index in [1.54, 1.807) is 0 Å². The summed E-state index contributed by atoms with van der Waals surface area (Å²) in [6.07, 6.45) is 1.07. The highest BCUT2D eigenvalue weighted by Crippen LogP contribution is 2.36. The number of anilines is 1. The first-order chi connectivity index (χ1) is 8.97. The van der Waals surface area contributed by atoms with Crippen molar-refractivity contribution in [1.82, 2.24) is 10.3 Å². The summed E-state index contributed by atoms with van der Waals surface area (Å²) in [7, 11) is 0. The summed E-state index contributed by atoms with van der Waals surface area (Å²) < 4.78 is 1.04. The van der Waals surface area contributed by atoms with Gasteiger partial charge in [0.2, 0.25) is 0 Å². The summed E-state index contributed by atoms with van der Waals surface area (Å²) in [6, 6.07) is 2.30. The zero-order chi connectivity index (χ0) is 13.7. The lowest BCUT2D eigenvalue weighted by Crippen LogP contribution is -2.26. The summed E-state index contributed by atoms with van der Waals surface area (Å²) in [5.41, 5.74) is 8.54. The monoisotopic (exact) mass is 275 g/mol. The van der Waals surface area contributed by atoms with E-state index in [2.05, 4.69) is 17.2 Å². The van der Waals surface area contributed by atoms with Crippen LogP contribution in [-0.2, 0) is 0 Å². The number of hydrogen-bond donors (Lipinski definition) is 2. The number of thiophene rings is 1. The van der Waals surface area contributed by atoms with Gasteiger partial charge in [0, 0.05) is 27.5 Å². The number of rotatable bonds is 2. The number of amides is 1. The lowest BCUT2D eigenvalue weighted by Gasteiger charge is -2.02. The maximum atomic E-state index is 12.2. The predicted molar refractivity (Wildman–Crippen MR) is 78.5 cm³/mol. The molecule has 5 heteroatoms. The van der Waals surface area contributed by atoms with Crippen LogP contribution in [0.3, 0.4) is 0 Å². The second kappa shape index (κ2) is 4.20. The standard InChI is InChI=1S/C14H17N3OS/c1-6-4-9(6)17-14(18)13-12(15)11-8(3)16-7(2)5-10(11)19-13/h5-6,9H,4,15H2,1-3H3,(H,17,18). The molecule has 19 heavy (non-hydrogen) atoms. The SMILES string of the molecule is Cc1cc2sc(C(=O)NC3CC3C)c(N)c2c(C)n1. The van der Waals surface area contributed by atoms with Crippen LogP contribution in [0, 0.1) is 19.8 Å². The van der Waals surface area contributed by atoms with Gasteiger partial charge in [-0.2, -0.15) is 0 Å². The summed E-state index contributed by atoms with van der Waals surface area (Å²) in [6.45, 7) is 6.02. The van der Waals surface area contributed by atoms with Crippen LogP contribution >= 0.6 is 11.3 Å². The van der Waals surface area contributed by atoms with E-state index in [9.17, 15) is 4.79 Å². The summed E-state index contributed by atoms with van der Waals surface area (Å²) >= 11 is 1.45. The number of nitrogens with two attached hydrogens (primary N) is 1. The van der Waals surface area contributed by atoms with Crippen LogP contribution in [0.5, 0.6) is 0 Å². The predicted octanol–water partition coefficient (Wildman–Crippen LogP) is 2.63. The number of aromatic nitrogens is 1. The molecule has 1 aliphatic carbocycles. The number of hydrogen-bond acceptors (Lipinski definition) is 4. The summed E-state index contributed by atoms with van der Waals surface area (Å²) in [5.74, 6) is 0.537. The molecule has 0 aliphatic heterocycles. The second-order valence-corrected chi connectivity index (χ2v) is 6.41. The number of carbonyl (C=O) groups is 1. The van der Waals surface area contributed by atoms with Crippen molar-refractivity contribution in [2.45, 2.75) is 33.2 Å². The molecule has 1 aliphatic rings. The van der Waals surface area contributed by atoms with Crippen molar-refractivity contribution in [2.75, 3.05) is 5.73 Å². The van der Waals surface area contributed by atoms with Gasteiger partial charge >= 0.3 is 0 Å². The van der Waals surface area contributed by atoms with E-state index in [1.165, 1.54) is 11.3 Å². The first kappa shape index (κ1) is 12.4. The van der Waals surface area contributed by atoms with Crippen LogP contribution in [0.4, 0.5) is 5.69 Å². The molecule has 0 aromatic carbocycles. The van der Waals surface area contributed by atoms with E-state index in [1.807, 2.05) is 19.9 Å². The minimum absolute atomic E-state index is 0.0508. The van der Waals surface area contributed by atoms with Gasteiger partial charge in [-0.25, -0.2) is 0 Å². The zero-order valence-corrected chi connectivity index (χ0v) is 12.1. The van der Waals surface area contributed by atoms with E-state index in [-0.39, 0.29) is 5.91 Å². The molecule has 3 rings (SSSR count). The van der Waals surface area contributed by atoms with Crippen LogP contribution in [0.2, 0.25) is 0 Å². The molecule has 0 radical (unpaired) electrons. The molecule has 2 aromatic rings. The van der Waals surface area contributed by atoms with E-state index in [0.29, 0.717) is 22.5 Å². The highest BCUT2D eigenvalue weighted by Gasteiger charge is 2.34. The average molecular weight is 275 g/mol.